The molecule has 0 saturated heterocycles. The number of methoxy groups -OCH3 is 1. The highest BCUT2D eigenvalue weighted by Gasteiger charge is 2.35. The molecule has 4 rings (SSSR count). The number of amides is 2. The molecule has 2 amide bonds. The maximum absolute atomic E-state index is 12.7. The topological polar surface area (TPSA) is 131 Å². The van der Waals surface area contributed by atoms with Crippen molar-refractivity contribution in [2.45, 2.75) is 25.7 Å². The van der Waals surface area contributed by atoms with Crippen LogP contribution in [0.2, 0.25) is 0 Å². The van der Waals surface area contributed by atoms with Gasteiger partial charge in [0.25, 0.3) is 5.91 Å². The molecule has 2 atom stereocenters. The van der Waals surface area contributed by atoms with E-state index in [-0.39, 0.29) is 17.4 Å². The summed E-state index contributed by atoms with van der Waals surface area (Å²) >= 11 is 0. The molecule has 0 bridgehead atoms. The van der Waals surface area contributed by atoms with Crippen molar-refractivity contribution in [3.8, 4) is 11.5 Å². The second kappa shape index (κ2) is 12.1. The van der Waals surface area contributed by atoms with Crippen molar-refractivity contribution in [1.29, 1.82) is 0 Å². The SMILES string of the molecule is COC(=O)c1cccc(C(=O)Nc2ccc(Oc3ccc(NC(=O)C4CCCCC4C(=O)O)cc3)cc2)c1. The Balaban J connectivity index is 1.32. The second-order valence-corrected chi connectivity index (χ2v) is 9.00. The Hall–Kier alpha value is -4.66. The summed E-state index contributed by atoms with van der Waals surface area (Å²) in [6.07, 6.45) is 2.76. The Labute approximate surface area is 219 Å². The second-order valence-electron chi connectivity index (χ2n) is 9.00. The van der Waals surface area contributed by atoms with Gasteiger partial charge in [0.2, 0.25) is 5.91 Å². The predicted octanol–water partition coefficient (Wildman–Crippen LogP) is 5.35. The minimum Gasteiger partial charge on any atom is -0.481 e. The number of nitrogens with one attached hydrogen (secondary N) is 2. The minimum atomic E-state index is -0.924. The van der Waals surface area contributed by atoms with Gasteiger partial charge >= 0.3 is 11.9 Å². The fourth-order valence-corrected chi connectivity index (χ4v) is 4.43. The normalized spacial score (nSPS) is 16.7. The summed E-state index contributed by atoms with van der Waals surface area (Å²) in [5.41, 5.74) is 1.72. The van der Waals surface area contributed by atoms with Gasteiger partial charge in [0.05, 0.1) is 24.5 Å². The number of carbonyl (C=O) groups excluding carboxylic acids is 3. The van der Waals surface area contributed by atoms with Crippen LogP contribution in [0, 0.1) is 11.8 Å². The molecule has 0 spiro atoms. The third kappa shape index (κ3) is 6.56. The molecular formula is C29H28N2O7. The van der Waals surface area contributed by atoms with Gasteiger partial charge in [0.15, 0.2) is 0 Å². The highest BCUT2D eigenvalue weighted by molar-refractivity contribution is 6.05. The maximum Gasteiger partial charge on any atom is 0.337 e. The van der Waals surface area contributed by atoms with Crippen LogP contribution in [0.15, 0.2) is 72.8 Å². The first-order valence-electron chi connectivity index (χ1n) is 12.3. The monoisotopic (exact) mass is 516 g/mol. The van der Waals surface area contributed by atoms with Gasteiger partial charge in [-0.1, -0.05) is 18.9 Å². The lowest BCUT2D eigenvalue weighted by molar-refractivity contribution is -0.147. The van der Waals surface area contributed by atoms with Crippen LogP contribution in [0.4, 0.5) is 11.4 Å². The first-order valence-corrected chi connectivity index (χ1v) is 12.3. The number of esters is 1. The van der Waals surface area contributed by atoms with E-state index in [1.807, 2.05) is 0 Å². The van der Waals surface area contributed by atoms with Gasteiger partial charge in [-0.15, -0.1) is 0 Å². The number of rotatable bonds is 8. The molecule has 9 nitrogen and oxygen atoms in total. The Morgan fingerprint density at radius 1 is 0.763 bits per heavy atom. The zero-order chi connectivity index (χ0) is 27.1. The zero-order valence-corrected chi connectivity index (χ0v) is 20.8. The average Bonchev–Trinajstić information content (AvgIpc) is 2.94. The summed E-state index contributed by atoms with van der Waals surface area (Å²) in [5.74, 6) is -2.19. The molecule has 0 heterocycles. The predicted molar refractivity (Wildman–Crippen MR) is 140 cm³/mol. The fourth-order valence-electron chi connectivity index (χ4n) is 4.43. The van der Waals surface area contributed by atoms with E-state index >= 15 is 0 Å². The fraction of sp³-hybridized carbons (Fsp3) is 0.241. The van der Waals surface area contributed by atoms with Crippen LogP contribution in [0.5, 0.6) is 11.5 Å². The van der Waals surface area contributed by atoms with E-state index in [1.165, 1.54) is 13.2 Å². The molecule has 0 radical (unpaired) electrons. The van der Waals surface area contributed by atoms with E-state index in [9.17, 15) is 24.3 Å². The summed E-state index contributed by atoms with van der Waals surface area (Å²) in [5, 5.41) is 15.0. The molecule has 1 saturated carbocycles. The van der Waals surface area contributed by atoms with E-state index in [1.54, 1.807) is 66.7 Å². The van der Waals surface area contributed by atoms with Crippen molar-refractivity contribution in [3.63, 3.8) is 0 Å². The number of hydrogen-bond donors (Lipinski definition) is 3. The number of benzene rings is 3. The van der Waals surface area contributed by atoms with Gasteiger partial charge in [-0.2, -0.15) is 0 Å². The molecular weight excluding hydrogens is 488 g/mol. The molecule has 9 heteroatoms. The third-order valence-corrected chi connectivity index (χ3v) is 6.44. The van der Waals surface area contributed by atoms with Crippen molar-refractivity contribution in [2.75, 3.05) is 17.7 Å². The van der Waals surface area contributed by atoms with Crippen LogP contribution < -0.4 is 15.4 Å². The molecule has 2 unspecified atom stereocenters. The lowest BCUT2D eigenvalue weighted by Crippen LogP contribution is -2.36. The quantitative estimate of drug-likeness (QED) is 0.344. The van der Waals surface area contributed by atoms with Gasteiger partial charge in [-0.3, -0.25) is 14.4 Å². The number of carbonyl (C=O) groups is 4. The highest BCUT2D eigenvalue weighted by atomic mass is 16.5. The Morgan fingerprint density at radius 3 is 1.89 bits per heavy atom. The summed E-state index contributed by atoms with van der Waals surface area (Å²) in [6, 6.07) is 19.8. The van der Waals surface area contributed by atoms with Crippen LogP contribution >= 0.6 is 0 Å². The lowest BCUT2D eigenvalue weighted by atomic mass is 9.78. The maximum atomic E-state index is 12.7. The third-order valence-electron chi connectivity index (χ3n) is 6.44. The molecule has 0 aliphatic heterocycles. The summed E-state index contributed by atoms with van der Waals surface area (Å²) < 4.78 is 10.5. The van der Waals surface area contributed by atoms with Crippen LogP contribution in [0.1, 0.15) is 46.4 Å². The van der Waals surface area contributed by atoms with E-state index in [0.717, 1.165) is 12.8 Å². The van der Waals surface area contributed by atoms with Crippen LogP contribution in [0.25, 0.3) is 0 Å². The molecule has 3 N–H and O–H groups in total. The molecule has 196 valence electrons. The highest BCUT2D eigenvalue weighted by Crippen LogP contribution is 2.32. The van der Waals surface area contributed by atoms with Crippen LogP contribution in [-0.4, -0.2) is 36.0 Å². The number of hydrogen-bond acceptors (Lipinski definition) is 6. The molecule has 1 aliphatic rings. The number of carboxylic acid groups (broad SMARTS) is 1. The minimum absolute atomic E-state index is 0.277. The van der Waals surface area contributed by atoms with Gasteiger partial charge in [0.1, 0.15) is 11.5 Å². The number of carboxylic acids is 1. The number of aliphatic carboxylic acids is 1. The Morgan fingerprint density at radius 2 is 1.32 bits per heavy atom. The molecule has 0 aromatic heterocycles. The number of anilines is 2. The van der Waals surface area contributed by atoms with E-state index < -0.39 is 23.8 Å². The first kappa shape index (κ1) is 26.4. The van der Waals surface area contributed by atoms with E-state index in [2.05, 4.69) is 15.4 Å². The molecule has 38 heavy (non-hydrogen) atoms. The molecule has 1 aliphatic carbocycles. The summed E-state index contributed by atoms with van der Waals surface area (Å²) in [7, 11) is 1.28. The van der Waals surface area contributed by atoms with Gasteiger partial charge in [-0.25, -0.2) is 4.79 Å². The van der Waals surface area contributed by atoms with Crippen molar-refractivity contribution >= 4 is 35.1 Å². The first-order chi connectivity index (χ1) is 18.3. The van der Waals surface area contributed by atoms with E-state index in [0.29, 0.717) is 41.3 Å². The smallest absolute Gasteiger partial charge is 0.337 e. The van der Waals surface area contributed by atoms with Crippen molar-refractivity contribution < 1.29 is 33.8 Å². The standard InChI is InChI=1S/C29H28N2O7/c1-37-29(36)19-6-4-5-18(17-19)26(32)30-20-9-13-22(14-10-20)38-23-15-11-21(12-16-23)31-27(33)24-7-2-3-8-25(24)28(34)35/h4-6,9-17,24-25H,2-3,7-8H2,1H3,(H,30,32)(H,31,33)(H,34,35). The zero-order valence-electron chi connectivity index (χ0n) is 20.8. The average molecular weight is 517 g/mol. The van der Waals surface area contributed by atoms with Gasteiger partial charge in [0, 0.05) is 16.9 Å². The number of ether oxygens (including phenoxy) is 2. The summed E-state index contributed by atoms with van der Waals surface area (Å²) in [4.78, 5) is 48.4. The van der Waals surface area contributed by atoms with Gasteiger partial charge in [-0.05, 0) is 79.6 Å². The molecule has 1 fully saturated rings. The van der Waals surface area contributed by atoms with E-state index in [4.69, 9.17) is 4.74 Å². The van der Waals surface area contributed by atoms with Gasteiger partial charge < -0.3 is 25.2 Å². The largest absolute Gasteiger partial charge is 0.481 e. The van der Waals surface area contributed by atoms with Crippen LogP contribution in [-0.2, 0) is 14.3 Å². The Kier molecular flexibility index (Phi) is 8.37. The van der Waals surface area contributed by atoms with Crippen molar-refractivity contribution in [1.82, 2.24) is 0 Å². The Bertz CT molecular complexity index is 1320. The lowest BCUT2D eigenvalue weighted by Gasteiger charge is -2.27. The molecule has 3 aromatic carbocycles. The summed E-state index contributed by atoms with van der Waals surface area (Å²) in [6.45, 7) is 0. The van der Waals surface area contributed by atoms with Crippen LogP contribution in [0.3, 0.4) is 0 Å². The molecule has 3 aromatic rings. The van der Waals surface area contributed by atoms with Crippen molar-refractivity contribution in [3.05, 3.63) is 83.9 Å². The van der Waals surface area contributed by atoms with Crippen molar-refractivity contribution in [2.24, 2.45) is 11.8 Å².